The van der Waals surface area contributed by atoms with E-state index < -0.39 is 12.0 Å². The summed E-state index contributed by atoms with van der Waals surface area (Å²) < 4.78 is 5.70. The standard InChI is InChI=1S/C21H24ClNO4/c1-3-14(2)17-6-4-5-7-19(17)27-13-20(24)23-18(12-21(25)26)15-8-10-16(22)11-9-15/h4-11,14,18H,3,12-13H2,1-2H3,(H,23,24)(H,25,26)/t14-,18+/m0/s1. The number of nitrogens with one attached hydrogen (secondary N) is 1. The van der Waals surface area contributed by atoms with Crippen molar-refractivity contribution in [2.45, 2.75) is 38.6 Å². The molecule has 2 atom stereocenters. The quantitative estimate of drug-likeness (QED) is 0.659. The molecule has 0 fully saturated rings. The second kappa shape index (κ2) is 9.97. The van der Waals surface area contributed by atoms with Crippen LogP contribution in [0.25, 0.3) is 0 Å². The van der Waals surface area contributed by atoms with Gasteiger partial charge in [-0.25, -0.2) is 0 Å². The smallest absolute Gasteiger partial charge is 0.305 e. The Morgan fingerprint density at radius 1 is 1.15 bits per heavy atom. The summed E-state index contributed by atoms with van der Waals surface area (Å²) in [6.45, 7) is 4.01. The Balaban J connectivity index is 2.04. The lowest BCUT2D eigenvalue weighted by molar-refractivity contribution is -0.137. The van der Waals surface area contributed by atoms with Gasteiger partial charge in [0.15, 0.2) is 6.61 Å². The van der Waals surface area contributed by atoms with Crippen LogP contribution in [-0.2, 0) is 9.59 Å². The predicted octanol–water partition coefficient (Wildman–Crippen LogP) is 4.56. The lowest BCUT2D eigenvalue weighted by atomic mass is 9.98. The molecule has 2 aromatic rings. The molecule has 0 spiro atoms. The number of halogens is 1. The van der Waals surface area contributed by atoms with Crippen molar-refractivity contribution in [1.29, 1.82) is 0 Å². The minimum Gasteiger partial charge on any atom is -0.483 e. The van der Waals surface area contributed by atoms with E-state index >= 15 is 0 Å². The van der Waals surface area contributed by atoms with Crippen LogP contribution in [0.1, 0.15) is 49.8 Å². The molecule has 0 radical (unpaired) electrons. The molecule has 27 heavy (non-hydrogen) atoms. The topological polar surface area (TPSA) is 75.6 Å². The van der Waals surface area contributed by atoms with Gasteiger partial charge in [0.2, 0.25) is 0 Å². The lowest BCUT2D eigenvalue weighted by Crippen LogP contribution is -2.34. The van der Waals surface area contributed by atoms with Gasteiger partial charge in [-0.05, 0) is 41.7 Å². The summed E-state index contributed by atoms with van der Waals surface area (Å²) in [5, 5.41) is 12.4. The van der Waals surface area contributed by atoms with E-state index in [2.05, 4.69) is 19.2 Å². The number of carboxylic acids is 1. The van der Waals surface area contributed by atoms with E-state index in [0.717, 1.165) is 12.0 Å². The zero-order valence-electron chi connectivity index (χ0n) is 15.4. The highest BCUT2D eigenvalue weighted by Gasteiger charge is 2.19. The van der Waals surface area contributed by atoms with Gasteiger partial charge in [-0.15, -0.1) is 0 Å². The van der Waals surface area contributed by atoms with Crippen LogP contribution in [0.5, 0.6) is 5.75 Å². The molecular weight excluding hydrogens is 366 g/mol. The van der Waals surface area contributed by atoms with E-state index in [1.165, 1.54) is 0 Å². The first-order valence-corrected chi connectivity index (χ1v) is 9.26. The van der Waals surface area contributed by atoms with Gasteiger partial charge in [0, 0.05) is 5.02 Å². The first-order valence-electron chi connectivity index (χ1n) is 8.89. The van der Waals surface area contributed by atoms with Crippen LogP contribution in [0.3, 0.4) is 0 Å². The Morgan fingerprint density at radius 2 is 1.81 bits per heavy atom. The van der Waals surface area contributed by atoms with E-state index in [0.29, 0.717) is 22.3 Å². The van der Waals surface area contributed by atoms with E-state index in [9.17, 15) is 9.59 Å². The van der Waals surface area contributed by atoms with Crippen LogP contribution in [0.15, 0.2) is 48.5 Å². The van der Waals surface area contributed by atoms with Gasteiger partial charge in [0.05, 0.1) is 12.5 Å². The fourth-order valence-electron chi connectivity index (χ4n) is 2.74. The number of hydrogen-bond donors (Lipinski definition) is 2. The Bertz CT molecular complexity index is 776. The molecule has 0 bridgehead atoms. The third-order valence-electron chi connectivity index (χ3n) is 4.41. The van der Waals surface area contributed by atoms with Crippen LogP contribution >= 0.6 is 11.6 Å². The van der Waals surface area contributed by atoms with E-state index in [1.807, 2.05) is 24.3 Å². The lowest BCUT2D eigenvalue weighted by Gasteiger charge is -2.19. The van der Waals surface area contributed by atoms with Crippen molar-refractivity contribution < 1.29 is 19.4 Å². The minimum atomic E-state index is -1.00. The molecule has 5 nitrogen and oxygen atoms in total. The summed E-state index contributed by atoms with van der Waals surface area (Å²) in [6, 6.07) is 13.7. The molecule has 0 unspecified atom stereocenters. The molecule has 2 aromatic carbocycles. The van der Waals surface area contributed by atoms with Gasteiger partial charge in [0.25, 0.3) is 5.91 Å². The van der Waals surface area contributed by atoms with Gasteiger partial charge in [0.1, 0.15) is 5.75 Å². The maximum Gasteiger partial charge on any atom is 0.305 e. The van der Waals surface area contributed by atoms with Gasteiger partial charge in [-0.1, -0.05) is 55.8 Å². The first kappa shape index (κ1) is 20.8. The van der Waals surface area contributed by atoms with Gasteiger partial charge in [-0.3, -0.25) is 9.59 Å². The van der Waals surface area contributed by atoms with Gasteiger partial charge < -0.3 is 15.2 Å². The summed E-state index contributed by atoms with van der Waals surface area (Å²) in [7, 11) is 0. The number of carbonyl (C=O) groups excluding carboxylic acids is 1. The molecule has 0 saturated carbocycles. The number of aliphatic carboxylic acids is 1. The molecule has 0 heterocycles. The fraction of sp³-hybridized carbons (Fsp3) is 0.333. The monoisotopic (exact) mass is 389 g/mol. The van der Waals surface area contributed by atoms with Crippen molar-refractivity contribution in [1.82, 2.24) is 5.32 Å². The maximum absolute atomic E-state index is 12.3. The van der Waals surface area contributed by atoms with Crippen molar-refractivity contribution >= 4 is 23.5 Å². The third kappa shape index (κ3) is 6.29. The van der Waals surface area contributed by atoms with Crippen molar-refractivity contribution in [2.24, 2.45) is 0 Å². The molecule has 0 aliphatic rings. The largest absolute Gasteiger partial charge is 0.483 e. The zero-order chi connectivity index (χ0) is 19.8. The Labute approximate surface area is 164 Å². The number of benzene rings is 2. The van der Waals surface area contributed by atoms with Gasteiger partial charge >= 0.3 is 5.97 Å². The second-order valence-corrected chi connectivity index (χ2v) is 6.84. The highest BCUT2D eigenvalue weighted by molar-refractivity contribution is 6.30. The van der Waals surface area contributed by atoms with Crippen molar-refractivity contribution in [3.05, 3.63) is 64.7 Å². The molecule has 0 aliphatic heterocycles. The number of rotatable bonds is 9. The van der Waals surface area contributed by atoms with Crippen LogP contribution in [0, 0.1) is 0 Å². The Kier molecular flexibility index (Phi) is 7.67. The molecular formula is C21H24ClNO4. The third-order valence-corrected chi connectivity index (χ3v) is 4.66. The predicted molar refractivity (Wildman–Crippen MR) is 105 cm³/mol. The van der Waals surface area contributed by atoms with Crippen LogP contribution in [-0.4, -0.2) is 23.6 Å². The highest BCUT2D eigenvalue weighted by atomic mass is 35.5. The van der Waals surface area contributed by atoms with Crippen LogP contribution < -0.4 is 10.1 Å². The number of amides is 1. The average molecular weight is 390 g/mol. The zero-order valence-corrected chi connectivity index (χ0v) is 16.2. The van der Waals surface area contributed by atoms with E-state index in [-0.39, 0.29) is 18.9 Å². The van der Waals surface area contributed by atoms with E-state index in [4.69, 9.17) is 21.4 Å². The fourth-order valence-corrected chi connectivity index (χ4v) is 2.87. The summed E-state index contributed by atoms with van der Waals surface area (Å²) >= 11 is 5.87. The summed E-state index contributed by atoms with van der Waals surface area (Å²) in [6.07, 6.45) is 0.737. The molecule has 2 rings (SSSR count). The summed E-state index contributed by atoms with van der Waals surface area (Å²) in [4.78, 5) is 23.5. The second-order valence-electron chi connectivity index (χ2n) is 6.41. The number of para-hydroxylation sites is 1. The first-order chi connectivity index (χ1) is 12.9. The molecule has 0 aromatic heterocycles. The molecule has 0 aliphatic carbocycles. The van der Waals surface area contributed by atoms with Crippen molar-refractivity contribution in [2.75, 3.05) is 6.61 Å². The molecule has 144 valence electrons. The van der Waals surface area contributed by atoms with Crippen molar-refractivity contribution in [3.63, 3.8) is 0 Å². The molecule has 1 amide bonds. The molecule has 6 heteroatoms. The SMILES string of the molecule is CC[C@H](C)c1ccccc1OCC(=O)N[C@H](CC(=O)O)c1ccc(Cl)cc1. The Morgan fingerprint density at radius 3 is 2.44 bits per heavy atom. The number of ether oxygens (including phenoxy) is 1. The average Bonchev–Trinajstić information content (AvgIpc) is 2.65. The molecule has 2 N–H and O–H groups in total. The minimum absolute atomic E-state index is 0.183. The number of carbonyl (C=O) groups is 2. The Hall–Kier alpha value is -2.53. The van der Waals surface area contributed by atoms with Gasteiger partial charge in [-0.2, -0.15) is 0 Å². The van der Waals surface area contributed by atoms with Crippen LogP contribution in [0.2, 0.25) is 5.02 Å². The molecule has 0 saturated heterocycles. The normalized spacial score (nSPS) is 12.9. The highest BCUT2D eigenvalue weighted by Crippen LogP contribution is 2.28. The summed E-state index contributed by atoms with van der Waals surface area (Å²) in [5.74, 6) is -0.394. The maximum atomic E-state index is 12.3. The summed E-state index contributed by atoms with van der Waals surface area (Å²) in [5.41, 5.74) is 1.72. The number of hydrogen-bond acceptors (Lipinski definition) is 3. The van der Waals surface area contributed by atoms with E-state index in [1.54, 1.807) is 24.3 Å². The number of carboxylic acid groups (broad SMARTS) is 1. The van der Waals surface area contributed by atoms with Crippen molar-refractivity contribution in [3.8, 4) is 5.75 Å². The van der Waals surface area contributed by atoms with Crippen LogP contribution in [0.4, 0.5) is 0 Å².